The molecule has 7 nitrogen and oxygen atoms in total. The Morgan fingerprint density at radius 3 is 2.32 bits per heavy atom. The number of hydrogen-bond donors (Lipinski definition) is 1. The number of nitrogens with zero attached hydrogens (tertiary/aromatic N) is 1. The Kier molecular flexibility index (Phi) is 6.21. The highest BCUT2D eigenvalue weighted by molar-refractivity contribution is 7.89. The van der Waals surface area contributed by atoms with Gasteiger partial charge >= 0.3 is 0 Å². The zero-order chi connectivity index (χ0) is 20.1. The first-order valence-electron chi connectivity index (χ1n) is 9.05. The quantitative estimate of drug-likeness (QED) is 0.766. The van der Waals surface area contributed by atoms with Crippen molar-refractivity contribution in [2.24, 2.45) is 0 Å². The van der Waals surface area contributed by atoms with E-state index in [1.807, 2.05) is 24.3 Å². The smallest absolute Gasteiger partial charge is 0.251 e. The summed E-state index contributed by atoms with van der Waals surface area (Å²) in [4.78, 5) is 12.6. The van der Waals surface area contributed by atoms with Crippen molar-refractivity contribution in [3.05, 3.63) is 53.6 Å². The molecule has 1 amide bonds. The van der Waals surface area contributed by atoms with Crippen molar-refractivity contribution >= 4 is 15.9 Å². The third kappa shape index (κ3) is 4.28. The molecule has 8 heteroatoms. The summed E-state index contributed by atoms with van der Waals surface area (Å²) in [5.74, 6) is 0.622. The van der Waals surface area contributed by atoms with E-state index in [9.17, 15) is 13.2 Å². The van der Waals surface area contributed by atoms with Crippen molar-refractivity contribution < 1.29 is 22.7 Å². The minimum absolute atomic E-state index is 0.0222. The number of nitrogens with one attached hydrogen (secondary N) is 1. The van der Waals surface area contributed by atoms with Crippen molar-refractivity contribution in [3.8, 4) is 11.5 Å². The van der Waals surface area contributed by atoms with E-state index in [0.29, 0.717) is 19.6 Å². The Hall–Kier alpha value is -2.58. The molecule has 0 radical (unpaired) electrons. The Labute approximate surface area is 165 Å². The van der Waals surface area contributed by atoms with Gasteiger partial charge in [-0.05, 0) is 48.7 Å². The fourth-order valence-electron chi connectivity index (χ4n) is 3.11. The number of sulfonamides is 1. The van der Waals surface area contributed by atoms with Crippen molar-refractivity contribution in [1.29, 1.82) is 0 Å². The lowest BCUT2D eigenvalue weighted by Crippen LogP contribution is -2.29. The van der Waals surface area contributed by atoms with E-state index in [0.717, 1.165) is 24.2 Å². The predicted molar refractivity (Wildman–Crippen MR) is 105 cm³/mol. The average Bonchev–Trinajstić information content (AvgIpc) is 3.27. The summed E-state index contributed by atoms with van der Waals surface area (Å²) in [6, 6.07) is 11.8. The zero-order valence-electron chi connectivity index (χ0n) is 16.0. The van der Waals surface area contributed by atoms with Gasteiger partial charge in [-0.15, -0.1) is 0 Å². The highest BCUT2D eigenvalue weighted by Crippen LogP contribution is 2.29. The number of rotatable bonds is 7. The Bertz CT molecular complexity index is 936. The van der Waals surface area contributed by atoms with E-state index < -0.39 is 10.0 Å². The van der Waals surface area contributed by atoms with Gasteiger partial charge in [-0.3, -0.25) is 4.79 Å². The standard InChI is InChI=1S/C20H24N2O5S/c1-26-17-8-5-15(6-9-17)14-21-20(23)16-7-10-18(27-2)19(13-16)28(24,25)22-11-3-4-12-22/h5-10,13H,3-4,11-12,14H2,1-2H3,(H,21,23). The number of ether oxygens (including phenoxy) is 2. The maximum Gasteiger partial charge on any atom is 0.251 e. The van der Waals surface area contributed by atoms with Crippen LogP contribution < -0.4 is 14.8 Å². The number of carbonyl (C=O) groups excluding carboxylic acids is 1. The molecule has 3 rings (SSSR count). The molecule has 1 saturated heterocycles. The summed E-state index contributed by atoms with van der Waals surface area (Å²) in [7, 11) is -0.688. The second-order valence-corrected chi connectivity index (χ2v) is 8.41. The summed E-state index contributed by atoms with van der Waals surface area (Å²) in [6.07, 6.45) is 1.67. The van der Waals surface area contributed by atoms with Crippen LogP contribution in [0.4, 0.5) is 0 Å². The van der Waals surface area contributed by atoms with Crippen LogP contribution in [0.1, 0.15) is 28.8 Å². The molecule has 0 aromatic heterocycles. The number of amides is 1. The minimum Gasteiger partial charge on any atom is -0.497 e. The summed E-state index contributed by atoms with van der Waals surface area (Å²) in [5, 5.41) is 2.81. The molecule has 2 aromatic rings. The normalized spacial score (nSPS) is 14.6. The van der Waals surface area contributed by atoms with Gasteiger partial charge in [0.25, 0.3) is 5.91 Å². The third-order valence-corrected chi connectivity index (χ3v) is 6.64. The summed E-state index contributed by atoms with van der Waals surface area (Å²) in [6.45, 7) is 1.29. The highest BCUT2D eigenvalue weighted by Gasteiger charge is 2.30. The molecule has 2 aromatic carbocycles. The van der Waals surface area contributed by atoms with Crippen molar-refractivity contribution in [2.75, 3.05) is 27.3 Å². The topological polar surface area (TPSA) is 84.9 Å². The largest absolute Gasteiger partial charge is 0.497 e. The van der Waals surface area contributed by atoms with Gasteiger partial charge in [0, 0.05) is 25.2 Å². The van der Waals surface area contributed by atoms with Gasteiger partial charge < -0.3 is 14.8 Å². The van der Waals surface area contributed by atoms with Gasteiger partial charge in [-0.1, -0.05) is 12.1 Å². The second kappa shape index (κ2) is 8.62. The summed E-state index contributed by atoms with van der Waals surface area (Å²) in [5.41, 5.74) is 1.18. The lowest BCUT2D eigenvalue weighted by molar-refractivity contribution is 0.0950. The van der Waals surface area contributed by atoms with Crippen LogP contribution in [-0.4, -0.2) is 45.9 Å². The van der Waals surface area contributed by atoms with Crippen LogP contribution >= 0.6 is 0 Å². The third-order valence-electron chi connectivity index (χ3n) is 4.72. The molecular formula is C20H24N2O5S. The van der Waals surface area contributed by atoms with Gasteiger partial charge in [0.05, 0.1) is 14.2 Å². The summed E-state index contributed by atoms with van der Waals surface area (Å²) >= 11 is 0. The van der Waals surface area contributed by atoms with Crippen LogP contribution in [-0.2, 0) is 16.6 Å². The highest BCUT2D eigenvalue weighted by atomic mass is 32.2. The van der Waals surface area contributed by atoms with Gasteiger partial charge in [0.2, 0.25) is 10.0 Å². The first-order chi connectivity index (χ1) is 13.5. The molecule has 1 aliphatic rings. The van der Waals surface area contributed by atoms with E-state index in [1.165, 1.54) is 23.5 Å². The fraction of sp³-hybridized carbons (Fsp3) is 0.350. The molecule has 0 aliphatic carbocycles. The SMILES string of the molecule is COc1ccc(CNC(=O)c2ccc(OC)c(S(=O)(=O)N3CCCC3)c2)cc1. The average molecular weight is 404 g/mol. The van der Waals surface area contributed by atoms with Crippen LogP contribution in [0, 0.1) is 0 Å². The maximum absolute atomic E-state index is 12.9. The molecule has 0 spiro atoms. The molecule has 28 heavy (non-hydrogen) atoms. The molecule has 1 N–H and O–H groups in total. The number of hydrogen-bond acceptors (Lipinski definition) is 5. The molecule has 150 valence electrons. The van der Waals surface area contributed by atoms with Crippen LogP contribution in [0.15, 0.2) is 47.4 Å². The molecule has 0 atom stereocenters. The Balaban J connectivity index is 1.78. The zero-order valence-corrected chi connectivity index (χ0v) is 16.8. The van der Waals surface area contributed by atoms with Gasteiger partial charge in [-0.25, -0.2) is 8.42 Å². The van der Waals surface area contributed by atoms with E-state index >= 15 is 0 Å². The lowest BCUT2D eigenvalue weighted by atomic mass is 10.2. The molecule has 1 aliphatic heterocycles. The number of carbonyl (C=O) groups is 1. The number of methoxy groups -OCH3 is 2. The molecule has 0 unspecified atom stereocenters. The van der Waals surface area contributed by atoms with Gasteiger partial charge in [0.1, 0.15) is 16.4 Å². The van der Waals surface area contributed by atoms with Crippen LogP contribution in [0.2, 0.25) is 0 Å². The van der Waals surface area contributed by atoms with Crippen molar-refractivity contribution in [3.63, 3.8) is 0 Å². The molecular weight excluding hydrogens is 380 g/mol. The Morgan fingerprint density at radius 1 is 1.04 bits per heavy atom. The maximum atomic E-state index is 12.9. The van der Waals surface area contributed by atoms with E-state index in [1.54, 1.807) is 13.2 Å². The first kappa shape index (κ1) is 20.2. The Morgan fingerprint density at radius 2 is 1.71 bits per heavy atom. The fourth-order valence-corrected chi connectivity index (χ4v) is 4.81. The lowest BCUT2D eigenvalue weighted by Gasteiger charge is -2.18. The molecule has 1 fully saturated rings. The van der Waals surface area contributed by atoms with E-state index in [2.05, 4.69) is 5.32 Å². The molecule has 0 saturated carbocycles. The van der Waals surface area contributed by atoms with Gasteiger partial charge in [-0.2, -0.15) is 4.31 Å². The van der Waals surface area contributed by atoms with Crippen LogP contribution in [0.3, 0.4) is 0 Å². The first-order valence-corrected chi connectivity index (χ1v) is 10.5. The monoisotopic (exact) mass is 404 g/mol. The van der Waals surface area contributed by atoms with E-state index in [4.69, 9.17) is 9.47 Å². The van der Waals surface area contributed by atoms with Crippen molar-refractivity contribution in [2.45, 2.75) is 24.3 Å². The predicted octanol–water partition coefficient (Wildman–Crippen LogP) is 2.42. The molecule has 1 heterocycles. The second-order valence-electron chi connectivity index (χ2n) is 6.51. The van der Waals surface area contributed by atoms with E-state index in [-0.39, 0.29) is 22.1 Å². The van der Waals surface area contributed by atoms with Gasteiger partial charge in [0.15, 0.2) is 0 Å². The van der Waals surface area contributed by atoms with Crippen LogP contribution in [0.25, 0.3) is 0 Å². The van der Waals surface area contributed by atoms with Crippen LogP contribution in [0.5, 0.6) is 11.5 Å². The minimum atomic E-state index is -3.70. The molecule has 0 bridgehead atoms. The van der Waals surface area contributed by atoms with Crippen molar-refractivity contribution in [1.82, 2.24) is 9.62 Å². The summed E-state index contributed by atoms with van der Waals surface area (Å²) < 4.78 is 37.6. The number of benzene rings is 2.